The maximum atomic E-state index is 12.0. The van der Waals surface area contributed by atoms with Crippen molar-refractivity contribution in [1.29, 1.82) is 0 Å². The molecule has 4 N–H and O–H groups in total. The number of nitrogens with zero attached hydrogens (tertiary/aromatic N) is 2. The van der Waals surface area contributed by atoms with E-state index in [-0.39, 0.29) is 5.78 Å². The fourth-order valence-electron chi connectivity index (χ4n) is 3.19. The Bertz CT molecular complexity index is 928. The van der Waals surface area contributed by atoms with E-state index < -0.39 is 0 Å². The van der Waals surface area contributed by atoms with Crippen molar-refractivity contribution in [3.63, 3.8) is 0 Å². The topological polar surface area (TPSA) is 96.7 Å². The minimum Gasteiger partial charge on any atom is -0.384 e. The molecule has 3 aromatic rings. The molecule has 0 saturated carbocycles. The number of aromatic amines is 1. The van der Waals surface area contributed by atoms with Crippen LogP contribution < -0.4 is 11.1 Å². The molecule has 0 saturated heterocycles. The van der Waals surface area contributed by atoms with Gasteiger partial charge < -0.3 is 11.1 Å². The Hall–Kier alpha value is -2.89. The fourth-order valence-corrected chi connectivity index (χ4v) is 3.19. The number of nitrogen functional groups attached to an aromatic ring is 1. The zero-order valence-electron chi connectivity index (χ0n) is 12.8. The number of fused-ring (bicyclic) bond motifs is 2. The van der Waals surface area contributed by atoms with E-state index in [2.05, 4.69) is 26.6 Å². The normalized spacial score (nSPS) is 13.3. The van der Waals surface area contributed by atoms with Gasteiger partial charge in [-0.15, -0.1) is 0 Å². The Balaban J connectivity index is 1.84. The van der Waals surface area contributed by atoms with Crippen molar-refractivity contribution in [1.82, 2.24) is 15.2 Å². The van der Waals surface area contributed by atoms with E-state index in [0.717, 1.165) is 24.9 Å². The highest BCUT2D eigenvalue weighted by atomic mass is 16.1. The second-order valence-electron chi connectivity index (χ2n) is 5.87. The van der Waals surface area contributed by atoms with E-state index >= 15 is 0 Å². The van der Waals surface area contributed by atoms with Crippen LogP contribution in [0.2, 0.25) is 0 Å². The summed E-state index contributed by atoms with van der Waals surface area (Å²) in [6.45, 7) is 1.53. The van der Waals surface area contributed by atoms with Crippen LogP contribution in [0.4, 0.5) is 17.3 Å². The quantitative estimate of drug-likeness (QED) is 0.646. The molecule has 0 fully saturated rings. The van der Waals surface area contributed by atoms with Gasteiger partial charge in [0.15, 0.2) is 11.4 Å². The lowest BCUT2D eigenvalue weighted by molar-refractivity contribution is 0.101. The zero-order valence-corrected chi connectivity index (χ0v) is 12.8. The first-order valence-electron chi connectivity index (χ1n) is 7.67. The van der Waals surface area contributed by atoms with Crippen LogP contribution in [0.5, 0.6) is 0 Å². The Labute approximate surface area is 133 Å². The fraction of sp³-hybridized carbons (Fsp3) is 0.235. The first-order chi connectivity index (χ1) is 11.1. The average Bonchev–Trinajstić information content (AvgIpc) is 3.14. The molecule has 0 atom stereocenters. The van der Waals surface area contributed by atoms with Gasteiger partial charge in [0.25, 0.3) is 0 Å². The maximum absolute atomic E-state index is 12.0. The number of rotatable bonds is 3. The van der Waals surface area contributed by atoms with Gasteiger partial charge >= 0.3 is 0 Å². The van der Waals surface area contributed by atoms with E-state index in [0.29, 0.717) is 28.2 Å². The zero-order chi connectivity index (χ0) is 16.0. The third-order valence-electron chi connectivity index (χ3n) is 4.35. The number of nitrogens with two attached hydrogens (primary N) is 1. The van der Waals surface area contributed by atoms with Gasteiger partial charge in [-0.3, -0.25) is 9.89 Å². The van der Waals surface area contributed by atoms with E-state index in [1.807, 2.05) is 12.1 Å². The lowest BCUT2D eigenvalue weighted by Crippen LogP contribution is -2.05. The molecule has 23 heavy (non-hydrogen) atoms. The van der Waals surface area contributed by atoms with Crippen LogP contribution in [0.15, 0.2) is 24.3 Å². The largest absolute Gasteiger partial charge is 0.384 e. The Morgan fingerprint density at radius 1 is 1.35 bits per heavy atom. The summed E-state index contributed by atoms with van der Waals surface area (Å²) < 4.78 is 0. The van der Waals surface area contributed by atoms with Crippen molar-refractivity contribution >= 4 is 34.1 Å². The van der Waals surface area contributed by atoms with Crippen LogP contribution in [0.1, 0.15) is 34.8 Å². The van der Waals surface area contributed by atoms with Gasteiger partial charge in [-0.25, -0.2) is 4.98 Å². The standard InChI is InChI=1S/C17H17N5O/c1-9(23)12-8-13-15(18)21-22-17(13)20-16(12)19-14-7-3-5-10-4-2-6-11(10)14/h3,5,7-8H,2,4,6H2,1H3,(H4,18,19,20,21,22). The molecule has 1 aliphatic rings. The number of anilines is 3. The van der Waals surface area contributed by atoms with E-state index in [9.17, 15) is 4.79 Å². The summed E-state index contributed by atoms with van der Waals surface area (Å²) in [7, 11) is 0. The van der Waals surface area contributed by atoms with Gasteiger partial charge in [-0.05, 0) is 49.4 Å². The molecule has 0 bridgehead atoms. The lowest BCUT2D eigenvalue weighted by Gasteiger charge is -2.13. The van der Waals surface area contributed by atoms with Crippen LogP contribution in [-0.4, -0.2) is 21.0 Å². The monoisotopic (exact) mass is 307 g/mol. The molecule has 116 valence electrons. The number of H-pyrrole nitrogens is 1. The van der Waals surface area contributed by atoms with Gasteiger partial charge in [0.2, 0.25) is 0 Å². The highest BCUT2D eigenvalue weighted by Gasteiger charge is 2.18. The van der Waals surface area contributed by atoms with Crippen LogP contribution in [0, 0.1) is 0 Å². The summed E-state index contributed by atoms with van der Waals surface area (Å²) >= 11 is 0. The Morgan fingerprint density at radius 3 is 3.04 bits per heavy atom. The molecular weight excluding hydrogens is 290 g/mol. The summed E-state index contributed by atoms with van der Waals surface area (Å²) in [5, 5.41) is 10.8. The van der Waals surface area contributed by atoms with Gasteiger partial charge in [-0.2, -0.15) is 5.10 Å². The van der Waals surface area contributed by atoms with Gasteiger partial charge in [0.1, 0.15) is 11.6 Å². The van der Waals surface area contributed by atoms with Crippen molar-refractivity contribution in [3.05, 3.63) is 41.0 Å². The van der Waals surface area contributed by atoms with E-state index in [4.69, 9.17) is 5.73 Å². The predicted octanol–water partition coefficient (Wildman–Crippen LogP) is 2.98. The lowest BCUT2D eigenvalue weighted by atomic mass is 10.1. The summed E-state index contributed by atoms with van der Waals surface area (Å²) in [5.74, 6) is 0.883. The number of pyridine rings is 1. The molecule has 0 radical (unpaired) electrons. The van der Waals surface area contributed by atoms with E-state index in [1.54, 1.807) is 6.07 Å². The molecule has 6 heteroatoms. The van der Waals surface area contributed by atoms with Crippen LogP contribution >= 0.6 is 0 Å². The van der Waals surface area contributed by atoms with Gasteiger partial charge in [-0.1, -0.05) is 12.1 Å². The van der Waals surface area contributed by atoms with E-state index in [1.165, 1.54) is 18.1 Å². The minimum absolute atomic E-state index is 0.0601. The molecular formula is C17H17N5O. The number of ketones is 1. The molecule has 0 unspecified atom stereocenters. The summed E-state index contributed by atoms with van der Waals surface area (Å²) in [6, 6.07) is 7.96. The van der Waals surface area contributed by atoms with Crippen LogP contribution in [0.25, 0.3) is 11.0 Å². The first kappa shape index (κ1) is 13.8. The third-order valence-corrected chi connectivity index (χ3v) is 4.35. The molecule has 1 aliphatic carbocycles. The number of hydrogen-bond donors (Lipinski definition) is 3. The van der Waals surface area contributed by atoms with Gasteiger partial charge in [0, 0.05) is 5.69 Å². The first-order valence-corrected chi connectivity index (χ1v) is 7.67. The van der Waals surface area contributed by atoms with Crippen LogP contribution in [-0.2, 0) is 12.8 Å². The van der Waals surface area contributed by atoms with Crippen LogP contribution in [0.3, 0.4) is 0 Å². The van der Waals surface area contributed by atoms with Crippen molar-refractivity contribution in [3.8, 4) is 0 Å². The second kappa shape index (κ2) is 5.08. The van der Waals surface area contributed by atoms with Crippen molar-refractivity contribution < 1.29 is 4.79 Å². The number of benzene rings is 1. The third kappa shape index (κ3) is 2.23. The number of carbonyl (C=O) groups excluding carboxylic acids is 1. The second-order valence-corrected chi connectivity index (χ2v) is 5.87. The summed E-state index contributed by atoms with van der Waals surface area (Å²) in [5.41, 5.74) is 10.5. The number of aromatic nitrogens is 3. The number of nitrogens with one attached hydrogen (secondary N) is 2. The molecule has 0 spiro atoms. The molecule has 2 aromatic heterocycles. The smallest absolute Gasteiger partial charge is 0.185 e. The Morgan fingerprint density at radius 2 is 2.22 bits per heavy atom. The maximum Gasteiger partial charge on any atom is 0.185 e. The minimum atomic E-state index is -0.0601. The highest BCUT2D eigenvalue weighted by Crippen LogP contribution is 2.32. The number of hydrogen-bond acceptors (Lipinski definition) is 5. The van der Waals surface area contributed by atoms with Crippen molar-refractivity contribution in [2.75, 3.05) is 11.1 Å². The summed E-state index contributed by atoms with van der Waals surface area (Å²) in [4.78, 5) is 16.5. The predicted molar refractivity (Wildman–Crippen MR) is 90.1 cm³/mol. The average molecular weight is 307 g/mol. The van der Waals surface area contributed by atoms with Crippen molar-refractivity contribution in [2.24, 2.45) is 0 Å². The summed E-state index contributed by atoms with van der Waals surface area (Å²) in [6.07, 6.45) is 3.31. The number of aryl methyl sites for hydroxylation is 1. The molecule has 6 nitrogen and oxygen atoms in total. The molecule has 4 rings (SSSR count). The molecule has 1 aromatic carbocycles. The molecule has 0 amide bonds. The Kier molecular flexibility index (Phi) is 3.04. The highest BCUT2D eigenvalue weighted by molar-refractivity contribution is 6.04. The SMILES string of the molecule is CC(=O)c1cc2c(N)[nH]nc2nc1Nc1cccc2c1CCC2. The van der Waals surface area contributed by atoms with Crippen molar-refractivity contribution in [2.45, 2.75) is 26.2 Å². The molecule has 0 aliphatic heterocycles. The van der Waals surface area contributed by atoms with Gasteiger partial charge in [0.05, 0.1) is 10.9 Å². The number of carbonyl (C=O) groups is 1. The molecule has 2 heterocycles. The number of Topliss-reactive ketones (excluding diaryl/α,β-unsaturated/α-hetero) is 1.